The molecule has 17 heavy (non-hydrogen) atoms. The largest absolute Gasteiger partial charge is 0.391 e. The fraction of sp³-hybridized carbons (Fsp3) is 0.538. The van der Waals surface area contributed by atoms with Gasteiger partial charge in [-0.3, -0.25) is 0 Å². The third kappa shape index (κ3) is 7.09. The fourth-order valence-electron chi connectivity index (χ4n) is 1.32. The number of thioether (sulfide) groups is 1. The van der Waals surface area contributed by atoms with E-state index in [4.69, 9.17) is 0 Å². The summed E-state index contributed by atoms with van der Waals surface area (Å²) in [5, 5.41) is 13.0. The van der Waals surface area contributed by atoms with Gasteiger partial charge in [0.1, 0.15) is 0 Å². The van der Waals surface area contributed by atoms with Crippen LogP contribution in [0.4, 0.5) is 0 Å². The van der Waals surface area contributed by atoms with Gasteiger partial charge in [-0.15, -0.1) is 11.8 Å². The van der Waals surface area contributed by atoms with Crippen LogP contribution in [0.15, 0.2) is 33.6 Å². The smallest absolute Gasteiger partial charge is 0.0758 e. The summed E-state index contributed by atoms with van der Waals surface area (Å²) in [7, 11) is 0. The van der Waals surface area contributed by atoms with Crippen LogP contribution in [-0.4, -0.2) is 30.1 Å². The Bertz CT molecular complexity index is 316. The molecule has 0 saturated heterocycles. The summed E-state index contributed by atoms with van der Waals surface area (Å²) < 4.78 is 1.08. The predicted octanol–water partition coefficient (Wildman–Crippen LogP) is 3.15. The summed E-state index contributed by atoms with van der Waals surface area (Å²) in [5.74, 6) is 1.36. The van der Waals surface area contributed by atoms with E-state index >= 15 is 0 Å². The van der Waals surface area contributed by atoms with E-state index in [2.05, 4.69) is 47.2 Å². The third-order valence-corrected chi connectivity index (χ3v) is 3.87. The van der Waals surface area contributed by atoms with Gasteiger partial charge in [0, 0.05) is 21.7 Å². The molecule has 0 saturated carbocycles. The normalized spacial score (nSPS) is 13.0. The lowest BCUT2D eigenvalue weighted by Crippen LogP contribution is -2.30. The summed E-state index contributed by atoms with van der Waals surface area (Å²) >= 11 is 5.09. The van der Waals surface area contributed by atoms with Crippen LogP contribution in [-0.2, 0) is 0 Å². The highest BCUT2D eigenvalue weighted by molar-refractivity contribution is 9.10. The Morgan fingerprint density at radius 3 is 2.47 bits per heavy atom. The van der Waals surface area contributed by atoms with Gasteiger partial charge >= 0.3 is 0 Å². The zero-order chi connectivity index (χ0) is 12.7. The molecule has 0 aliphatic carbocycles. The van der Waals surface area contributed by atoms with Gasteiger partial charge in [0.25, 0.3) is 0 Å². The van der Waals surface area contributed by atoms with Crippen LogP contribution in [0.1, 0.15) is 13.8 Å². The maximum atomic E-state index is 9.79. The van der Waals surface area contributed by atoms with Gasteiger partial charge in [0.05, 0.1) is 6.10 Å². The number of hydrogen-bond donors (Lipinski definition) is 2. The minimum atomic E-state index is -0.289. The standard InChI is InChI=1S/C13H20BrNOS/c1-10(2)7-15-8-12(16)9-17-13-5-3-11(14)4-6-13/h3-6,10,12,15-16H,7-9H2,1-2H3. The van der Waals surface area contributed by atoms with Gasteiger partial charge in [-0.25, -0.2) is 0 Å². The zero-order valence-corrected chi connectivity index (χ0v) is 12.7. The lowest BCUT2D eigenvalue weighted by molar-refractivity contribution is 0.194. The molecule has 1 rings (SSSR count). The highest BCUT2D eigenvalue weighted by Crippen LogP contribution is 2.21. The fourth-order valence-corrected chi connectivity index (χ4v) is 2.42. The van der Waals surface area contributed by atoms with Crippen molar-refractivity contribution in [2.24, 2.45) is 5.92 Å². The lowest BCUT2D eigenvalue weighted by Gasteiger charge is -2.12. The van der Waals surface area contributed by atoms with Gasteiger partial charge in [0.2, 0.25) is 0 Å². The lowest BCUT2D eigenvalue weighted by atomic mass is 10.2. The Hall–Kier alpha value is -0.0300. The second kappa shape index (κ2) is 8.14. The van der Waals surface area contributed by atoms with Gasteiger partial charge in [-0.1, -0.05) is 29.8 Å². The maximum absolute atomic E-state index is 9.79. The molecule has 1 unspecified atom stereocenters. The predicted molar refractivity (Wildman–Crippen MR) is 78.6 cm³/mol. The van der Waals surface area contributed by atoms with E-state index in [1.165, 1.54) is 4.90 Å². The van der Waals surface area contributed by atoms with E-state index in [9.17, 15) is 5.11 Å². The first-order valence-corrected chi connectivity index (χ1v) is 7.63. The maximum Gasteiger partial charge on any atom is 0.0758 e. The molecule has 0 aliphatic rings. The zero-order valence-electron chi connectivity index (χ0n) is 10.3. The van der Waals surface area contributed by atoms with E-state index in [0.717, 1.165) is 16.8 Å². The number of aliphatic hydroxyl groups excluding tert-OH is 1. The van der Waals surface area contributed by atoms with Crippen molar-refractivity contribution in [2.45, 2.75) is 24.8 Å². The first-order chi connectivity index (χ1) is 8.08. The molecule has 0 fully saturated rings. The third-order valence-electron chi connectivity index (χ3n) is 2.19. The Morgan fingerprint density at radius 1 is 1.24 bits per heavy atom. The van der Waals surface area contributed by atoms with E-state index in [1.807, 2.05) is 12.1 Å². The summed E-state index contributed by atoms with van der Waals surface area (Å²) in [6.07, 6.45) is -0.289. The molecule has 2 N–H and O–H groups in total. The minimum absolute atomic E-state index is 0.289. The van der Waals surface area contributed by atoms with Crippen molar-refractivity contribution in [2.75, 3.05) is 18.8 Å². The molecule has 1 aromatic rings. The summed E-state index contributed by atoms with van der Waals surface area (Å²) in [6, 6.07) is 8.16. The molecule has 1 atom stereocenters. The van der Waals surface area contributed by atoms with Crippen molar-refractivity contribution in [3.63, 3.8) is 0 Å². The van der Waals surface area contributed by atoms with E-state index in [0.29, 0.717) is 12.5 Å². The van der Waals surface area contributed by atoms with E-state index in [1.54, 1.807) is 11.8 Å². The molecule has 0 spiro atoms. The van der Waals surface area contributed by atoms with Crippen LogP contribution >= 0.6 is 27.7 Å². The van der Waals surface area contributed by atoms with Crippen molar-refractivity contribution >= 4 is 27.7 Å². The van der Waals surface area contributed by atoms with Crippen LogP contribution in [0.5, 0.6) is 0 Å². The number of aliphatic hydroxyl groups is 1. The molecule has 0 aliphatic heterocycles. The van der Waals surface area contributed by atoms with E-state index < -0.39 is 0 Å². The second-order valence-electron chi connectivity index (χ2n) is 4.47. The van der Waals surface area contributed by atoms with Crippen LogP contribution < -0.4 is 5.32 Å². The summed E-state index contributed by atoms with van der Waals surface area (Å²) in [4.78, 5) is 1.19. The molecule has 0 amide bonds. The van der Waals surface area contributed by atoms with Crippen LogP contribution in [0.3, 0.4) is 0 Å². The summed E-state index contributed by atoms with van der Waals surface area (Å²) in [5.41, 5.74) is 0. The Morgan fingerprint density at radius 2 is 1.88 bits per heavy atom. The second-order valence-corrected chi connectivity index (χ2v) is 6.48. The van der Waals surface area contributed by atoms with Crippen molar-refractivity contribution in [1.82, 2.24) is 5.32 Å². The monoisotopic (exact) mass is 317 g/mol. The first kappa shape index (κ1) is 15.0. The highest BCUT2D eigenvalue weighted by Gasteiger charge is 2.05. The number of benzene rings is 1. The molecule has 4 heteroatoms. The minimum Gasteiger partial charge on any atom is -0.391 e. The van der Waals surface area contributed by atoms with Crippen LogP contribution in [0.2, 0.25) is 0 Å². The molecular formula is C13H20BrNOS. The van der Waals surface area contributed by atoms with Crippen molar-refractivity contribution in [3.05, 3.63) is 28.7 Å². The quantitative estimate of drug-likeness (QED) is 0.758. The average molecular weight is 318 g/mol. The Balaban J connectivity index is 2.19. The van der Waals surface area contributed by atoms with Gasteiger partial charge in [-0.2, -0.15) is 0 Å². The summed E-state index contributed by atoms with van der Waals surface area (Å²) in [6.45, 7) is 5.95. The molecule has 96 valence electrons. The van der Waals surface area contributed by atoms with Crippen molar-refractivity contribution < 1.29 is 5.11 Å². The van der Waals surface area contributed by atoms with Gasteiger partial charge < -0.3 is 10.4 Å². The van der Waals surface area contributed by atoms with Crippen molar-refractivity contribution in [3.8, 4) is 0 Å². The molecule has 0 bridgehead atoms. The molecule has 1 aromatic carbocycles. The Kier molecular flexibility index (Phi) is 7.19. The molecule has 0 radical (unpaired) electrons. The molecule has 2 nitrogen and oxygen atoms in total. The highest BCUT2D eigenvalue weighted by atomic mass is 79.9. The SMILES string of the molecule is CC(C)CNCC(O)CSc1ccc(Br)cc1. The Labute approximate surface area is 116 Å². The average Bonchev–Trinajstić information content (AvgIpc) is 2.28. The number of halogens is 1. The topological polar surface area (TPSA) is 32.3 Å². The molecule has 0 heterocycles. The van der Waals surface area contributed by atoms with Crippen molar-refractivity contribution in [1.29, 1.82) is 0 Å². The van der Waals surface area contributed by atoms with Crippen LogP contribution in [0.25, 0.3) is 0 Å². The number of rotatable bonds is 7. The first-order valence-electron chi connectivity index (χ1n) is 5.85. The van der Waals surface area contributed by atoms with Gasteiger partial charge in [-0.05, 0) is 36.7 Å². The molecular weight excluding hydrogens is 298 g/mol. The van der Waals surface area contributed by atoms with E-state index in [-0.39, 0.29) is 6.10 Å². The van der Waals surface area contributed by atoms with Crippen LogP contribution in [0, 0.1) is 5.92 Å². The number of hydrogen-bond acceptors (Lipinski definition) is 3. The van der Waals surface area contributed by atoms with Gasteiger partial charge in [0.15, 0.2) is 0 Å². The number of nitrogens with one attached hydrogen (secondary N) is 1. The molecule has 0 aromatic heterocycles.